The van der Waals surface area contributed by atoms with Crippen molar-refractivity contribution in [2.24, 2.45) is 5.10 Å². The molecular formula is C21H21ClFN6OTl. The van der Waals surface area contributed by atoms with Gasteiger partial charge in [-0.15, -0.1) is 0 Å². The zero-order valence-corrected chi connectivity index (χ0v) is 22.5. The van der Waals surface area contributed by atoms with Gasteiger partial charge in [0.1, 0.15) is 5.65 Å². The topological polar surface area (TPSA) is 65.2 Å². The molecule has 1 aliphatic rings. The summed E-state index contributed by atoms with van der Waals surface area (Å²) in [5, 5.41) is 9.56. The summed E-state index contributed by atoms with van der Waals surface area (Å²) in [5.41, 5.74) is 2.91. The number of nitrogens with one attached hydrogen (secondary N) is 1. The molecule has 158 valence electrons. The molecule has 4 rings (SSSR count). The first-order valence-corrected chi connectivity index (χ1v) is 12.3. The molecule has 3 aromatic rings. The number of benzene rings is 1. The number of nitrogens with zero attached hydrogens (tertiary/aromatic N) is 5. The normalized spacial score (nSPS) is 14.1. The van der Waals surface area contributed by atoms with Gasteiger partial charge >= 0.3 is 133 Å². The van der Waals surface area contributed by atoms with Crippen molar-refractivity contribution >= 4 is 60.7 Å². The molecule has 0 unspecified atom stereocenters. The van der Waals surface area contributed by atoms with Crippen LogP contribution in [0.25, 0.3) is 5.65 Å². The zero-order valence-electron chi connectivity index (χ0n) is 17.3. The number of fused-ring (bicyclic) bond motifs is 1. The maximum atomic E-state index is 14.8. The summed E-state index contributed by atoms with van der Waals surface area (Å²) in [5.74, 6) is 0.274. The Kier molecular flexibility index (Phi) is 6.47. The number of amides is 1. The van der Waals surface area contributed by atoms with Gasteiger partial charge in [0.15, 0.2) is 0 Å². The molecule has 1 aromatic carbocycles. The maximum absolute atomic E-state index is 14.8. The molecule has 0 spiro atoms. The Hall–Kier alpha value is -2.21. The number of hydrazone groups is 1. The van der Waals surface area contributed by atoms with Crippen LogP contribution < -0.4 is 10.3 Å². The fourth-order valence-electron chi connectivity index (χ4n) is 3.51. The van der Waals surface area contributed by atoms with Crippen molar-refractivity contribution in [2.45, 2.75) is 26.8 Å². The molecule has 2 aromatic heterocycles. The average Bonchev–Trinajstić information content (AvgIpc) is 3.12. The Balaban J connectivity index is 1.51. The summed E-state index contributed by atoms with van der Waals surface area (Å²) in [4.78, 5) is 17.4. The average molecular weight is 632 g/mol. The number of aryl methyl sites for hydroxylation is 1. The van der Waals surface area contributed by atoms with Crippen LogP contribution in [0.3, 0.4) is 0 Å². The van der Waals surface area contributed by atoms with Crippen LogP contribution in [0.2, 0.25) is 5.02 Å². The number of imidazole rings is 1. The van der Waals surface area contributed by atoms with Crippen LogP contribution in [-0.2, 0) is 13.0 Å². The molecule has 0 saturated heterocycles. The third kappa shape index (κ3) is 4.54. The quantitative estimate of drug-likeness (QED) is 0.440. The fourth-order valence-corrected chi connectivity index (χ4v) is 4.32. The molecule has 10 heteroatoms. The molecule has 1 amide bonds. The molecule has 0 saturated carbocycles. The van der Waals surface area contributed by atoms with E-state index in [9.17, 15) is 9.18 Å². The van der Waals surface area contributed by atoms with E-state index in [0.717, 1.165) is 12.4 Å². The van der Waals surface area contributed by atoms with Crippen LogP contribution in [0.1, 0.15) is 35.6 Å². The van der Waals surface area contributed by atoms with E-state index in [1.54, 1.807) is 33.8 Å². The molecule has 0 atom stereocenters. The third-order valence-corrected chi connectivity index (χ3v) is 7.86. The molecular weight excluding hydrogens is 611 g/mol. The monoisotopic (exact) mass is 632 g/mol. The Bertz CT molecular complexity index is 1180. The first-order chi connectivity index (χ1) is 14.9. The fraction of sp³-hybridized carbons (Fsp3) is 0.286. The first kappa shape index (κ1) is 22.0. The minimum atomic E-state index is -0.358. The van der Waals surface area contributed by atoms with Gasteiger partial charge in [-0.05, 0) is 18.6 Å². The van der Waals surface area contributed by atoms with Gasteiger partial charge in [0.05, 0.1) is 10.7 Å². The Morgan fingerprint density at radius 3 is 2.81 bits per heavy atom. The van der Waals surface area contributed by atoms with E-state index < -0.39 is 0 Å². The van der Waals surface area contributed by atoms with Crippen molar-refractivity contribution in [3.63, 3.8) is 0 Å². The molecule has 7 nitrogen and oxygen atoms in total. The van der Waals surface area contributed by atoms with E-state index in [4.69, 9.17) is 11.6 Å². The van der Waals surface area contributed by atoms with Gasteiger partial charge in [0.2, 0.25) is 0 Å². The summed E-state index contributed by atoms with van der Waals surface area (Å²) in [7, 11) is 0. The molecule has 0 radical (unpaired) electrons. The predicted molar refractivity (Wildman–Crippen MR) is 120 cm³/mol. The van der Waals surface area contributed by atoms with E-state index in [1.807, 2.05) is 19.9 Å². The van der Waals surface area contributed by atoms with Gasteiger partial charge in [0.25, 0.3) is 0 Å². The zero-order chi connectivity index (χ0) is 22.1. The molecule has 3 heterocycles. The van der Waals surface area contributed by atoms with E-state index >= 15 is 0 Å². The second kappa shape index (κ2) is 9.11. The van der Waals surface area contributed by atoms with Crippen molar-refractivity contribution in [1.82, 2.24) is 17.4 Å². The molecule has 31 heavy (non-hydrogen) atoms. The standard InChI is InChI=1S/C21H22ClFN6O.Tl/c1-3-17-20(28-12-15(22)5-7-19(28)26-17)21(30)25-11-14-4-6-18(16(23)10-14)29-9-8-24-13(2)27-29;/h4-7,10,12H,3,8-9,11H2,1-2H3,(H2,24,25,27,30);/q;+1/p-1. The molecule has 0 bridgehead atoms. The van der Waals surface area contributed by atoms with E-state index in [1.165, 1.54) is 6.07 Å². The number of rotatable bonds is 5. The van der Waals surface area contributed by atoms with Crippen LogP contribution >= 0.6 is 11.6 Å². The van der Waals surface area contributed by atoms with Crippen LogP contribution in [0.5, 0.6) is 0 Å². The van der Waals surface area contributed by atoms with E-state index in [2.05, 4.69) is 18.1 Å². The summed E-state index contributed by atoms with van der Waals surface area (Å²) in [6, 6.07) is 8.48. The van der Waals surface area contributed by atoms with Gasteiger partial charge in [0, 0.05) is 6.20 Å². The summed E-state index contributed by atoms with van der Waals surface area (Å²) < 4.78 is 18.7. The Labute approximate surface area is 201 Å². The minimum absolute atomic E-state index is 0.199. The SMILES string of the molecule is CCc1nc2ccc(Cl)cn2c1C(=O)NCc1ccc(N2CC[N]([Tl])C(C)=N2)c(F)c1. The number of pyridine rings is 1. The van der Waals surface area contributed by atoms with Gasteiger partial charge in [-0.25, -0.2) is 4.98 Å². The van der Waals surface area contributed by atoms with Gasteiger partial charge < -0.3 is 0 Å². The number of anilines is 1. The molecule has 1 N–H and O–H groups in total. The molecule has 0 fully saturated rings. The van der Waals surface area contributed by atoms with Crippen molar-refractivity contribution in [3.05, 3.63) is 64.3 Å². The third-order valence-electron chi connectivity index (χ3n) is 5.18. The van der Waals surface area contributed by atoms with Gasteiger partial charge in [-0.3, -0.25) is 4.40 Å². The number of hydrogen-bond donors (Lipinski definition) is 1. The first-order valence-electron chi connectivity index (χ1n) is 9.95. The van der Waals surface area contributed by atoms with E-state index in [0.29, 0.717) is 72.3 Å². The van der Waals surface area contributed by atoms with Crippen molar-refractivity contribution in [3.8, 4) is 0 Å². The number of halogens is 2. The summed E-state index contributed by atoms with van der Waals surface area (Å²) in [6.45, 7) is 5.58. The number of carbonyl (C=O) groups is 1. The van der Waals surface area contributed by atoms with Crippen LogP contribution in [0.4, 0.5) is 10.1 Å². The van der Waals surface area contributed by atoms with Gasteiger partial charge in [-0.2, -0.15) is 0 Å². The van der Waals surface area contributed by atoms with Crippen LogP contribution in [-0.4, -0.2) is 63.0 Å². The molecule has 0 aliphatic carbocycles. The number of carbonyl (C=O) groups excluding carboxylic acids is 1. The summed E-state index contributed by atoms with van der Waals surface area (Å²) >= 11 is 6.78. The van der Waals surface area contributed by atoms with Crippen LogP contribution in [0.15, 0.2) is 41.6 Å². The van der Waals surface area contributed by atoms with Gasteiger partial charge in [-0.1, -0.05) is 18.5 Å². The molecule has 1 aliphatic heterocycles. The Morgan fingerprint density at radius 2 is 2.10 bits per heavy atom. The van der Waals surface area contributed by atoms with Crippen molar-refractivity contribution < 1.29 is 9.18 Å². The van der Waals surface area contributed by atoms with Crippen molar-refractivity contribution in [2.75, 3.05) is 18.1 Å². The Morgan fingerprint density at radius 1 is 1.29 bits per heavy atom. The summed E-state index contributed by atoms with van der Waals surface area (Å²) in [6.07, 6.45) is 2.29. The van der Waals surface area contributed by atoms with Crippen molar-refractivity contribution in [1.29, 1.82) is 0 Å². The van der Waals surface area contributed by atoms with Crippen LogP contribution in [0, 0.1) is 5.82 Å². The second-order valence-corrected chi connectivity index (χ2v) is 10.1. The van der Waals surface area contributed by atoms with E-state index in [-0.39, 0.29) is 18.3 Å². The number of amidine groups is 1. The predicted octanol–water partition coefficient (Wildman–Crippen LogP) is 3.16. The second-order valence-electron chi connectivity index (χ2n) is 7.27. The number of hydrogen-bond acceptors (Lipinski definition) is 5. The number of aromatic nitrogens is 2.